The second-order valence-electron chi connectivity index (χ2n) is 6.62. The molecule has 0 amide bonds. The molecule has 3 atom stereocenters. The van der Waals surface area contributed by atoms with E-state index in [1.807, 2.05) is 7.05 Å². The molecule has 3 rings (SSSR count). The summed E-state index contributed by atoms with van der Waals surface area (Å²) >= 11 is 0. The first-order valence-electron chi connectivity index (χ1n) is 8.70. The Bertz CT molecular complexity index is 354. The van der Waals surface area contributed by atoms with Gasteiger partial charge in [-0.1, -0.05) is 0 Å². The highest BCUT2D eigenvalue weighted by atomic mass is 16.5. The van der Waals surface area contributed by atoms with Crippen LogP contribution in [-0.2, 0) is 4.74 Å². The lowest BCUT2D eigenvalue weighted by Gasteiger charge is -2.22. The monoisotopic (exact) mass is 294 g/mol. The molecule has 0 aromatic heterocycles. The van der Waals surface area contributed by atoms with E-state index in [-0.39, 0.29) is 0 Å². The summed E-state index contributed by atoms with van der Waals surface area (Å²) in [4.78, 5) is 6.92. The fourth-order valence-electron chi connectivity index (χ4n) is 3.83. The smallest absolute Gasteiger partial charge is 0.191 e. The molecule has 5 heteroatoms. The number of guanidine groups is 1. The number of nitrogens with one attached hydrogen (secondary N) is 2. The van der Waals surface area contributed by atoms with Crippen molar-refractivity contribution in [2.45, 2.75) is 63.2 Å². The first-order chi connectivity index (χ1) is 10.3. The number of nitrogens with zero attached hydrogens (tertiary/aromatic N) is 2. The summed E-state index contributed by atoms with van der Waals surface area (Å²) < 4.78 is 5.88. The zero-order chi connectivity index (χ0) is 14.5. The van der Waals surface area contributed by atoms with Crippen LogP contribution in [0.3, 0.4) is 0 Å². The lowest BCUT2D eigenvalue weighted by Crippen LogP contribution is -2.47. The molecule has 120 valence electrons. The van der Waals surface area contributed by atoms with E-state index in [0.29, 0.717) is 18.2 Å². The molecule has 3 aliphatic heterocycles. The molecule has 0 saturated carbocycles. The van der Waals surface area contributed by atoms with E-state index in [9.17, 15) is 0 Å². The minimum absolute atomic E-state index is 0.406. The van der Waals surface area contributed by atoms with Crippen LogP contribution in [-0.4, -0.2) is 62.3 Å². The number of likely N-dealkylation sites (tertiary alicyclic amines) is 1. The van der Waals surface area contributed by atoms with Crippen molar-refractivity contribution < 1.29 is 4.74 Å². The maximum Gasteiger partial charge on any atom is 0.191 e. The summed E-state index contributed by atoms with van der Waals surface area (Å²) in [6, 6.07) is 0.458. The van der Waals surface area contributed by atoms with Gasteiger partial charge in [-0.05, 0) is 64.6 Å². The molecule has 0 aromatic carbocycles. The zero-order valence-corrected chi connectivity index (χ0v) is 13.3. The Kier molecular flexibility index (Phi) is 5.36. The van der Waals surface area contributed by atoms with Crippen LogP contribution in [0.15, 0.2) is 4.99 Å². The van der Waals surface area contributed by atoms with E-state index in [0.717, 1.165) is 18.9 Å². The van der Waals surface area contributed by atoms with Gasteiger partial charge < -0.3 is 20.3 Å². The molecule has 3 fully saturated rings. The molecule has 2 bridgehead atoms. The lowest BCUT2D eigenvalue weighted by molar-refractivity contribution is 0.0992. The number of fused-ring (bicyclic) bond motifs is 2. The van der Waals surface area contributed by atoms with Crippen molar-refractivity contribution in [3.05, 3.63) is 0 Å². The fourth-order valence-corrected chi connectivity index (χ4v) is 3.83. The van der Waals surface area contributed by atoms with Gasteiger partial charge in [0.15, 0.2) is 5.96 Å². The Hall–Kier alpha value is -0.810. The predicted molar refractivity (Wildman–Crippen MR) is 85.7 cm³/mol. The molecule has 2 N–H and O–H groups in total. The van der Waals surface area contributed by atoms with Gasteiger partial charge in [0, 0.05) is 13.6 Å². The van der Waals surface area contributed by atoms with Gasteiger partial charge in [0.25, 0.3) is 0 Å². The van der Waals surface area contributed by atoms with Crippen LogP contribution in [0, 0.1) is 0 Å². The minimum Gasteiger partial charge on any atom is -0.373 e. The number of hydrogen-bond donors (Lipinski definition) is 2. The van der Waals surface area contributed by atoms with E-state index in [2.05, 4.69) is 20.5 Å². The van der Waals surface area contributed by atoms with Crippen molar-refractivity contribution in [3.63, 3.8) is 0 Å². The molecule has 0 radical (unpaired) electrons. The van der Waals surface area contributed by atoms with Crippen LogP contribution in [0.5, 0.6) is 0 Å². The molecule has 21 heavy (non-hydrogen) atoms. The van der Waals surface area contributed by atoms with Crippen molar-refractivity contribution in [2.24, 2.45) is 4.99 Å². The molecular weight excluding hydrogens is 264 g/mol. The highest BCUT2D eigenvalue weighted by Gasteiger charge is 2.41. The molecule has 0 aromatic rings. The number of hydrogen-bond acceptors (Lipinski definition) is 3. The Morgan fingerprint density at radius 1 is 1.24 bits per heavy atom. The number of aliphatic imine (C=N–C) groups is 1. The third-order valence-electron chi connectivity index (χ3n) is 5.04. The lowest BCUT2D eigenvalue weighted by atomic mass is 9.96. The molecule has 0 spiro atoms. The average Bonchev–Trinajstić information content (AvgIpc) is 3.23. The molecule has 3 saturated heterocycles. The highest BCUT2D eigenvalue weighted by Crippen LogP contribution is 2.34. The van der Waals surface area contributed by atoms with E-state index >= 15 is 0 Å². The van der Waals surface area contributed by atoms with Crippen molar-refractivity contribution in [3.8, 4) is 0 Å². The van der Waals surface area contributed by atoms with E-state index in [1.54, 1.807) is 0 Å². The molecular formula is C16H30N4O. The molecule has 3 aliphatic rings. The van der Waals surface area contributed by atoms with Crippen molar-refractivity contribution in [2.75, 3.05) is 33.2 Å². The molecule has 3 unspecified atom stereocenters. The standard InChI is InChI=1S/C16H30N4O/c1-17-16(19-14-12-13-6-7-15(14)21-13)18-8-2-3-9-20-10-4-5-11-20/h13-15H,2-12H2,1H3,(H2,17,18,19). The normalized spacial score (nSPS) is 32.8. The molecule has 3 heterocycles. The zero-order valence-electron chi connectivity index (χ0n) is 13.3. The summed E-state index contributed by atoms with van der Waals surface area (Å²) in [7, 11) is 1.85. The summed E-state index contributed by atoms with van der Waals surface area (Å²) in [6.45, 7) is 4.88. The maximum atomic E-state index is 5.88. The van der Waals surface area contributed by atoms with Crippen LogP contribution in [0.25, 0.3) is 0 Å². The van der Waals surface area contributed by atoms with Gasteiger partial charge in [-0.2, -0.15) is 0 Å². The summed E-state index contributed by atoms with van der Waals surface area (Å²) in [6.07, 6.45) is 9.75. The predicted octanol–water partition coefficient (Wildman–Crippen LogP) is 1.35. The maximum absolute atomic E-state index is 5.88. The van der Waals surface area contributed by atoms with E-state index < -0.39 is 0 Å². The van der Waals surface area contributed by atoms with Gasteiger partial charge in [0.2, 0.25) is 0 Å². The Labute approximate surface area is 128 Å². The van der Waals surface area contributed by atoms with Gasteiger partial charge in [-0.25, -0.2) is 0 Å². The Morgan fingerprint density at radius 3 is 2.76 bits per heavy atom. The van der Waals surface area contributed by atoms with Crippen LogP contribution < -0.4 is 10.6 Å². The average molecular weight is 294 g/mol. The van der Waals surface area contributed by atoms with E-state index in [4.69, 9.17) is 4.74 Å². The number of ether oxygens (including phenoxy) is 1. The van der Waals surface area contributed by atoms with Gasteiger partial charge >= 0.3 is 0 Å². The van der Waals surface area contributed by atoms with Crippen molar-refractivity contribution in [1.29, 1.82) is 0 Å². The Balaban J connectivity index is 1.28. The fraction of sp³-hybridized carbons (Fsp3) is 0.938. The van der Waals surface area contributed by atoms with Crippen molar-refractivity contribution >= 4 is 5.96 Å². The Morgan fingerprint density at radius 2 is 2.10 bits per heavy atom. The third kappa shape index (κ3) is 4.10. The van der Waals surface area contributed by atoms with Crippen LogP contribution in [0.2, 0.25) is 0 Å². The van der Waals surface area contributed by atoms with Crippen molar-refractivity contribution in [1.82, 2.24) is 15.5 Å². The van der Waals surface area contributed by atoms with E-state index in [1.165, 1.54) is 58.2 Å². The first kappa shape index (κ1) is 15.1. The summed E-state index contributed by atoms with van der Waals surface area (Å²) in [5.74, 6) is 0.942. The second-order valence-corrected chi connectivity index (χ2v) is 6.62. The number of unbranched alkanes of at least 4 members (excludes halogenated alkanes) is 1. The van der Waals surface area contributed by atoms with Crippen LogP contribution in [0.1, 0.15) is 44.9 Å². The van der Waals surface area contributed by atoms with Crippen LogP contribution >= 0.6 is 0 Å². The van der Waals surface area contributed by atoms with Gasteiger partial charge in [-0.3, -0.25) is 4.99 Å². The molecule has 5 nitrogen and oxygen atoms in total. The minimum atomic E-state index is 0.406. The quantitative estimate of drug-likeness (QED) is 0.441. The second kappa shape index (κ2) is 7.45. The molecule has 0 aliphatic carbocycles. The highest BCUT2D eigenvalue weighted by molar-refractivity contribution is 5.80. The van der Waals surface area contributed by atoms with Gasteiger partial charge in [-0.15, -0.1) is 0 Å². The van der Waals surface area contributed by atoms with Gasteiger partial charge in [0.1, 0.15) is 0 Å². The first-order valence-corrected chi connectivity index (χ1v) is 8.70. The largest absolute Gasteiger partial charge is 0.373 e. The topological polar surface area (TPSA) is 48.9 Å². The summed E-state index contributed by atoms with van der Waals surface area (Å²) in [5, 5.41) is 6.98. The summed E-state index contributed by atoms with van der Waals surface area (Å²) in [5.41, 5.74) is 0. The SMILES string of the molecule is CN=C(NCCCCN1CCCC1)NC1CC2CCC1O2. The third-order valence-corrected chi connectivity index (χ3v) is 5.04. The van der Waals surface area contributed by atoms with Crippen LogP contribution in [0.4, 0.5) is 0 Å². The number of rotatable bonds is 6. The van der Waals surface area contributed by atoms with Gasteiger partial charge in [0.05, 0.1) is 18.2 Å².